The van der Waals surface area contributed by atoms with Crippen LogP contribution in [0.4, 0.5) is 0 Å². The fourth-order valence-electron chi connectivity index (χ4n) is 1.82. The fraction of sp³-hybridized carbons (Fsp3) is 0.909. The summed E-state index contributed by atoms with van der Waals surface area (Å²) in [7, 11) is 3.60. The van der Waals surface area contributed by atoms with Gasteiger partial charge < -0.3 is 10.2 Å². The second kappa shape index (κ2) is 5.21. The molecule has 0 saturated carbocycles. The van der Waals surface area contributed by atoms with Crippen LogP contribution >= 0.6 is 11.8 Å². The zero-order valence-corrected chi connectivity index (χ0v) is 11.0. The van der Waals surface area contributed by atoms with Crippen molar-refractivity contribution >= 4 is 17.7 Å². The highest BCUT2D eigenvalue weighted by atomic mass is 32.2. The van der Waals surface area contributed by atoms with E-state index in [1.54, 1.807) is 19.0 Å². The van der Waals surface area contributed by atoms with E-state index in [9.17, 15) is 4.79 Å². The Hall–Kier alpha value is -0.220. The number of carbonyl (C=O) groups is 1. The van der Waals surface area contributed by atoms with Crippen LogP contribution in [0.5, 0.6) is 0 Å². The third kappa shape index (κ3) is 3.68. The van der Waals surface area contributed by atoms with Crippen LogP contribution in [0.15, 0.2) is 0 Å². The number of thioether (sulfide) groups is 1. The van der Waals surface area contributed by atoms with Crippen molar-refractivity contribution in [3.63, 3.8) is 0 Å². The predicted octanol–water partition coefficient (Wildman–Crippen LogP) is 1.34. The number of amides is 1. The standard InChI is InChI=1S/C11H22N2OS/c1-9(10(14)13(3)4)12-8-11(2)6-5-7-15-11/h9,12H,5-8H2,1-4H3. The first-order valence-corrected chi connectivity index (χ1v) is 6.52. The van der Waals surface area contributed by atoms with Crippen molar-refractivity contribution in [1.82, 2.24) is 10.2 Å². The highest BCUT2D eigenvalue weighted by Crippen LogP contribution is 2.36. The van der Waals surface area contributed by atoms with E-state index in [-0.39, 0.29) is 11.9 Å². The molecule has 3 nitrogen and oxygen atoms in total. The first kappa shape index (κ1) is 12.8. The first-order valence-electron chi connectivity index (χ1n) is 5.53. The molecule has 15 heavy (non-hydrogen) atoms. The molecule has 0 aromatic carbocycles. The minimum absolute atomic E-state index is 0.0713. The maximum absolute atomic E-state index is 11.6. The lowest BCUT2D eigenvalue weighted by Crippen LogP contribution is -2.46. The summed E-state index contributed by atoms with van der Waals surface area (Å²) in [6, 6.07) is -0.0713. The molecule has 88 valence electrons. The Bertz CT molecular complexity index is 225. The van der Waals surface area contributed by atoms with Crippen molar-refractivity contribution in [3.05, 3.63) is 0 Å². The second-order valence-electron chi connectivity index (χ2n) is 4.74. The number of rotatable bonds is 4. The number of hydrogen-bond donors (Lipinski definition) is 1. The zero-order chi connectivity index (χ0) is 11.5. The van der Waals surface area contributed by atoms with Crippen LogP contribution in [0, 0.1) is 0 Å². The Labute approximate surface area is 97.0 Å². The van der Waals surface area contributed by atoms with Crippen LogP contribution in [0.1, 0.15) is 26.7 Å². The summed E-state index contributed by atoms with van der Waals surface area (Å²) in [6.45, 7) is 5.15. The van der Waals surface area contributed by atoms with Gasteiger partial charge >= 0.3 is 0 Å². The largest absolute Gasteiger partial charge is 0.347 e. The van der Waals surface area contributed by atoms with Crippen LogP contribution in [0.25, 0.3) is 0 Å². The Morgan fingerprint density at radius 1 is 1.60 bits per heavy atom. The molecule has 1 amide bonds. The lowest BCUT2D eigenvalue weighted by Gasteiger charge is -2.26. The van der Waals surface area contributed by atoms with E-state index in [1.807, 2.05) is 18.7 Å². The van der Waals surface area contributed by atoms with E-state index in [4.69, 9.17) is 0 Å². The summed E-state index contributed by atoms with van der Waals surface area (Å²) in [4.78, 5) is 13.2. The van der Waals surface area contributed by atoms with Crippen LogP contribution in [0.3, 0.4) is 0 Å². The molecule has 0 radical (unpaired) electrons. The normalized spacial score (nSPS) is 27.7. The van der Waals surface area contributed by atoms with Gasteiger partial charge in [0.15, 0.2) is 0 Å². The Morgan fingerprint density at radius 2 is 2.27 bits per heavy atom. The van der Waals surface area contributed by atoms with Crippen molar-refractivity contribution in [2.45, 2.75) is 37.5 Å². The molecule has 0 aliphatic carbocycles. The summed E-state index contributed by atoms with van der Waals surface area (Å²) in [5, 5.41) is 3.33. The lowest BCUT2D eigenvalue weighted by molar-refractivity contribution is -0.130. The van der Waals surface area contributed by atoms with Crippen molar-refractivity contribution in [1.29, 1.82) is 0 Å². The van der Waals surface area contributed by atoms with E-state index < -0.39 is 0 Å². The van der Waals surface area contributed by atoms with Gasteiger partial charge in [-0.25, -0.2) is 0 Å². The van der Waals surface area contributed by atoms with Crippen LogP contribution in [-0.4, -0.2) is 48.0 Å². The molecule has 0 bridgehead atoms. The van der Waals surface area contributed by atoms with Gasteiger partial charge in [-0.1, -0.05) is 0 Å². The Kier molecular flexibility index (Phi) is 4.46. The first-order chi connectivity index (χ1) is 6.94. The van der Waals surface area contributed by atoms with E-state index >= 15 is 0 Å². The van der Waals surface area contributed by atoms with Crippen LogP contribution < -0.4 is 5.32 Å². The van der Waals surface area contributed by atoms with Gasteiger partial charge in [0.25, 0.3) is 0 Å². The molecule has 2 unspecified atom stereocenters. The SMILES string of the molecule is CC(NCC1(C)CCCS1)C(=O)N(C)C. The second-order valence-corrected chi connectivity index (χ2v) is 6.42. The third-order valence-electron chi connectivity index (χ3n) is 2.89. The number of likely N-dealkylation sites (N-methyl/N-ethyl adjacent to an activating group) is 1. The van der Waals surface area contributed by atoms with Gasteiger partial charge in [-0.3, -0.25) is 4.79 Å². The average molecular weight is 230 g/mol. The van der Waals surface area contributed by atoms with Crippen molar-refractivity contribution in [3.8, 4) is 0 Å². The molecule has 1 aliphatic rings. The average Bonchev–Trinajstić information content (AvgIpc) is 2.61. The van der Waals surface area contributed by atoms with Gasteiger partial charge in [0, 0.05) is 25.4 Å². The van der Waals surface area contributed by atoms with Crippen LogP contribution in [0.2, 0.25) is 0 Å². The zero-order valence-electron chi connectivity index (χ0n) is 10.2. The number of carbonyl (C=O) groups excluding carboxylic acids is 1. The molecule has 1 N–H and O–H groups in total. The molecule has 0 spiro atoms. The van der Waals surface area contributed by atoms with E-state index in [2.05, 4.69) is 12.2 Å². The lowest BCUT2D eigenvalue weighted by atomic mass is 10.1. The quantitative estimate of drug-likeness (QED) is 0.791. The highest BCUT2D eigenvalue weighted by molar-refractivity contribution is 8.00. The minimum Gasteiger partial charge on any atom is -0.347 e. The number of hydrogen-bond acceptors (Lipinski definition) is 3. The molecular weight excluding hydrogens is 208 g/mol. The van der Waals surface area contributed by atoms with Crippen molar-refractivity contribution < 1.29 is 4.79 Å². The van der Waals surface area contributed by atoms with E-state index in [0.717, 1.165) is 6.54 Å². The fourth-order valence-corrected chi connectivity index (χ4v) is 3.08. The van der Waals surface area contributed by atoms with Crippen molar-refractivity contribution in [2.24, 2.45) is 0 Å². The highest BCUT2D eigenvalue weighted by Gasteiger charge is 2.30. The molecular formula is C11H22N2OS. The molecule has 0 aromatic rings. The number of nitrogens with one attached hydrogen (secondary N) is 1. The number of nitrogens with zero attached hydrogens (tertiary/aromatic N) is 1. The van der Waals surface area contributed by atoms with Gasteiger partial charge in [-0.15, -0.1) is 0 Å². The molecule has 1 saturated heterocycles. The van der Waals surface area contributed by atoms with Gasteiger partial charge in [0.05, 0.1) is 6.04 Å². The molecule has 1 heterocycles. The molecule has 1 fully saturated rings. The minimum atomic E-state index is -0.0713. The maximum atomic E-state index is 11.6. The summed E-state index contributed by atoms with van der Waals surface area (Å²) in [5.74, 6) is 1.41. The van der Waals surface area contributed by atoms with Gasteiger partial charge in [-0.2, -0.15) is 11.8 Å². The smallest absolute Gasteiger partial charge is 0.238 e. The van der Waals surface area contributed by atoms with Crippen molar-refractivity contribution in [2.75, 3.05) is 26.4 Å². The monoisotopic (exact) mass is 230 g/mol. The topological polar surface area (TPSA) is 32.3 Å². The molecule has 0 aromatic heterocycles. The Balaban J connectivity index is 2.33. The van der Waals surface area contributed by atoms with Crippen LogP contribution in [-0.2, 0) is 4.79 Å². The molecule has 4 heteroatoms. The Morgan fingerprint density at radius 3 is 2.73 bits per heavy atom. The van der Waals surface area contributed by atoms with Gasteiger partial charge in [0.2, 0.25) is 5.91 Å². The summed E-state index contributed by atoms with van der Waals surface area (Å²) in [5.41, 5.74) is 0. The molecule has 1 aliphatic heterocycles. The third-order valence-corrected chi connectivity index (χ3v) is 4.43. The van der Waals surface area contributed by atoms with Gasteiger partial charge in [-0.05, 0) is 32.4 Å². The summed E-state index contributed by atoms with van der Waals surface area (Å²) in [6.07, 6.45) is 2.56. The van der Waals surface area contributed by atoms with E-state index in [0.29, 0.717) is 4.75 Å². The van der Waals surface area contributed by atoms with E-state index in [1.165, 1.54) is 18.6 Å². The molecule has 2 atom stereocenters. The molecule has 1 rings (SSSR count). The van der Waals surface area contributed by atoms with Gasteiger partial charge in [0.1, 0.15) is 0 Å². The maximum Gasteiger partial charge on any atom is 0.238 e. The summed E-state index contributed by atoms with van der Waals surface area (Å²) >= 11 is 2.02. The predicted molar refractivity (Wildman–Crippen MR) is 66.3 cm³/mol. The summed E-state index contributed by atoms with van der Waals surface area (Å²) < 4.78 is 0.334.